The van der Waals surface area contributed by atoms with E-state index in [0.29, 0.717) is 19.4 Å². The first-order valence-corrected chi connectivity index (χ1v) is 6.12. The van der Waals surface area contributed by atoms with E-state index in [1.165, 1.54) is 4.90 Å². The van der Waals surface area contributed by atoms with Gasteiger partial charge in [0.2, 0.25) is 11.8 Å². The topological polar surface area (TPSA) is 46.6 Å². The highest BCUT2D eigenvalue weighted by atomic mass is 16.5. The fourth-order valence-electron chi connectivity index (χ4n) is 2.32. The van der Waals surface area contributed by atoms with E-state index in [0.717, 1.165) is 11.3 Å². The summed E-state index contributed by atoms with van der Waals surface area (Å²) in [4.78, 5) is 25.0. The molecule has 0 saturated carbocycles. The number of imide groups is 1. The molecule has 0 radical (unpaired) electrons. The maximum absolute atomic E-state index is 11.8. The van der Waals surface area contributed by atoms with Crippen LogP contribution in [-0.4, -0.2) is 30.4 Å². The summed E-state index contributed by atoms with van der Waals surface area (Å²) >= 11 is 0. The van der Waals surface area contributed by atoms with Gasteiger partial charge in [0, 0.05) is 25.3 Å². The van der Waals surface area contributed by atoms with E-state index < -0.39 is 0 Å². The van der Waals surface area contributed by atoms with Crippen LogP contribution in [0.15, 0.2) is 24.3 Å². The first-order valence-electron chi connectivity index (χ1n) is 6.12. The van der Waals surface area contributed by atoms with Crippen LogP contribution >= 0.6 is 0 Å². The molecule has 1 heterocycles. The molecule has 0 N–H and O–H groups in total. The monoisotopic (exact) mass is 247 g/mol. The minimum atomic E-state index is -0.0745. The van der Waals surface area contributed by atoms with E-state index in [9.17, 15) is 9.59 Å². The van der Waals surface area contributed by atoms with Gasteiger partial charge in [0.15, 0.2) is 0 Å². The molecule has 2 amide bonds. The number of rotatable bonds is 3. The van der Waals surface area contributed by atoms with E-state index in [1.54, 1.807) is 7.11 Å². The smallest absolute Gasteiger partial charge is 0.229 e. The van der Waals surface area contributed by atoms with Gasteiger partial charge in [-0.15, -0.1) is 0 Å². The molecule has 1 aromatic carbocycles. The summed E-state index contributed by atoms with van der Waals surface area (Å²) in [5.74, 6) is 0.630. The minimum Gasteiger partial charge on any atom is -0.497 e. The van der Waals surface area contributed by atoms with Crippen molar-refractivity contribution in [3.8, 4) is 5.75 Å². The maximum Gasteiger partial charge on any atom is 0.229 e. The third-order valence-electron chi connectivity index (χ3n) is 3.35. The van der Waals surface area contributed by atoms with Crippen LogP contribution in [0.4, 0.5) is 0 Å². The molecule has 1 aliphatic heterocycles. The predicted octanol–water partition coefficient (Wildman–Crippen LogP) is 1.95. The molecule has 1 fully saturated rings. The highest BCUT2D eigenvalue weighted by Gasteiger charge is 2.32. The number of ether oxygens (including phenoxy) is 1. The Morgan fingerprint density at radius 3 is 2.17 bits per heavy atom. The fraction of sp³-hybridized carbons (Fsp3) is 0.429. The SMILES string of the molecule is CCN1C(=O)CC(c2ccc(OC)cc2)CC1=O. The van der Waals surface area contributed by atoms with Gasteiger partial charge in [0.05, 0.1) is 7.11 Å². The molecule has 0 aliphatic carbocycles. The Kier molecular flexibility index (Phi) is 3.65. The number of carbonyl (C=O) groups excluding carboxylic acids is 2. The van der Waals surface area contributed by atoms with Crippen molar-refractivity contribution >= 4 is 11.8 Å². The van der Waals surface area contributed by atoms with Gasteiger partial charge in [-0.25, -0.2) is 0 Å². The number of hydrogen-bond acceptors (Lipinski definition) is 3. The van der Waals surface area contributed by atoms with E-state index in [1.807, 2.05) is 31.2 Å². The van der Waals surface area contributed by atoms with Crippen molar-refractivity contribution in [3.63, 3.8) is 0 Å². The third-order valence-corrected chi connectivity index (χ3v) is 3.35. The maximum atomic E-state index is 11.8. The Labute approximate surface area is 107 Å². The zero-order valence-corrected chi connectivity index (χ0v) is 10.7. The van der Waals surface area contributed by atoms with Crippen molar-refractivity contribution in [1.29, 1.82) is 0 Å². The summed E-state index contributed by atoms with van der Waals surface area (Å²) in [6.07, 6.45) is 0.817. The summed E-state index contributed by atoms with van der Waals surface area (Å²) in [5, 5.41) is 0. The molecule has 1 saturated heterocycles. The number of carbonyl (C=O) groups is 2. The van der Waals surface area contributed by atoms with Gasteiger partial charge in [-0.2, -0.15) is 0 Å². The molecule has 1 aromatic rings. The fourth-order valence-corrected chi connectivity index (χ4v) is 2.32. The summed E-state index contributed by atoms with van der Waals surface area (Å²) in [7, 11) is 1.61. The second kappa shape index (κ2) is 5.21. The standard InChI is InChI=1S/C14H17NO3/c1-3-15-13(16)8-11(9-14(15)17)10-4-6-12(18-2)7-5-10/h4-7,11H,3,8-9H2,1-2H3. The number of piperidine rings is 1. The van der Waals surface area contributed by atoms with Crippen molar-refractivity contribution in [2.45, 2.75) is 25.7 Å². The van der Waals surface area contributed by atoms with Crippen molar-refractivity contribution in [2.24, 2.45) is 0 Å². The first-order chi connectivity index (χ1) is 8.65. The molecule has 0 atom stereocenters. The van der Waals surface area contributed by atoms with Crippen molar-refractivity contribution in [1.82, 2.24) is 4.90 Å². The van der Waals surface area contributed by atoms with Gasteiger partial charge in [-0.05, 0) is 24.6 Å². The quantitative estimate of drug-likeness (QED) is 0.767. The molecule has 0 spiro atoms. The van der Waals surface area contributed by atoms with Gasteiger partial charge in [0.25, 0.3) is 0 Å². The number of amides is 2. The van der Waals surface area contributed by atoms with Crippen molar-refractivity contribution in [3.05, 3.63) is 29.8 Å². The highest BCUT2D eigenvalue weighted by molar-refractivity contribution is 5.98. The van der Waals surface area contributed by atoms with Crippen LogP contribution in [0.1, 0.15) is 31.2 Å². The second-order valence-electron chi connectivity index (χ2n) is 4.41. The Morgan fingerprint density at radius 1 is 1.17 bits per heavy atom. The lowest BCUT2D eigenvalue weighted by molar-refractivity contribution is -0.148. The largest absolute Gasteiger partial charge is 0.497 e. The molecule has 1 aliphatic rings. The zero-order chi connectivity index (χ0) is 13.1. The van der Waals surface area contributed by atoms with Crippen LogP contribution in [0.2, 0.25) is 0 Å². The lowest BCUT2D eigenvalue weighted by atomic mass is 9.88. The summed E-state index contributed by atoms with van der Waals surface area (Å²) in [5.41, 5.74) is 1.02. The minimum absolute atomic E-state index is 0.00120. The third kappa shape index (κ3) is 2.37. The lowest BCUT2D eigenvalue weighted by Crippen LogP contribution is -2.42. The molecule has 4 nitrogen and oxygen atoms in total. The lowest BCUT2D eigenvalue weighted by Gasteiger charge is -2.29. The number of likely N-dealkylation sites (tertiary alicyclic amines) is 1. The second-order valence-corrected chi connectivity index (χ2v) is 4.41. The molecule has 2 rings (SSSR count). The molecule has 0 unspecified atom stereocenters. The highest BCUT2D eigenvalue weighted by Crippen LogP contribution is 2.30. The van der Waals surface area contributed by atoms with Gasteiger partial charge >= 0.3 is 0 Å². The Morgan fingerprint density at radius 2 is 1.72 bits per heavy atom. The number of hydrogen-bond donors (Lipinski definition) is 0. The number of nitrogens with zero attached hydrogens (tertiary/aromatic N) is 1. The summed E-state index contributed by atoms with van der Waals surface area (Å²) < 4.78 is 5.09. The van der Waals surface area contributed by atoms with Gasteiger partial charge < -0.3 is 4.74 Å². The predicted molar refractivity (Wildman–Crippen MR) is 67.4 cm³/mol. The Bertz CT molecular complexity index is 435. The average molecular weight is 247 g/mol. The zero-order valence-electron chi connectivity index (χ0n) is 10.7. The molecule has 18 heavy (non-hydrogen) atoms. The van der Waals surface area contributed by atoms with Gasteiger partial charge in [0.1, 0.15) is 5.75 Å². The first kappa shape index (κ1) is 12.6. The Hall–Kier alpha value is -1.84. The molecular formula is C14H17NO3. The number of methoxy groups -OCH3 is 1. The molecule has 0 bridgehead atoms. The Balaban J connectivity index is 2.15. The summed E-state index contributed by atoms with van der Waals surface area (Å²) in [6.45, 7) is 2.29. The van der Waals surface area contributed by atoms with E-state index in [-0.39, 0.29) is 17.7 Å². The van der Waals surface area contributed by atoms with Crippen LogP contribution in [0.25, 0.3) is 0 Å². The molecule has 96 valence electrons. The molecule has 4 heteroatoms. The number of benzene rings is 1. The van der Waals surface area contributed by atoms with Crippen LogP contribution in [0.5, 0.6) is 5.75 Å². The normalized spacial score (nSPS) is 17.1. The van der Waals surface area contributed by atoms with Crippen LogP contribution in [0.3, 0.4) is 0 Å². The van der Waals surface area contributed by atoms with E-state index in [2.05, 4.69) is 0 Å². The van der Waals surface area contributed by atoms with Gasteiger partial charge in [-0.3, -0.25) is 14.5 Å². The summed E-state index contributed by atoms with van der Waals surface area (Å²) in [6, 6.07) is 7.56. The van der Waals surface area contributed by atoms with E-state index in [4.69, 9.17) is 4.74 Å². The van der Waals surface area contributed by atoms with Crippen LogP contribution in [-0.2, 0) is 9.59 Å². The van der Waals surface area contributed by atoms with Crippen molar-refractivity contribution in [2.75, 3.05) is 13.7 Å². The molecule has 0 aromatic heterocycles. The van der Waals surface area contributed by atoms with Crippen LogP contribution < -0.4 is 4.74 Å². The molecular weight excluding hydrogens is 230 g/mol. The average Bonchev–Trinajstić information content (AvgIpc) is 2.38. The van der Waals surface area contributed by atoms with Crippen molar-refractivity contribution < 1.29 is 14.3 Å². The van der Waals surface area contributed by atoms with Gasteiger partial charge in [-0.1, -0.05) is 12.1 Å². The van der Waals surface area contributed by atoms with Crippen LogP contribution in [0, 0.1) is 0 Å². The van der Waals surface area contributed by atoms with E-state index >= 15 is 0 Å².